The van der Waals surface area contributed by atoms with Gasteiger partial charge >= 0.3 is 0 Å². The maximum atomic E-state index is 15.2. The van der Waals surface area contributed by atoms with E-state index in [-0.39, 0.29) is 30.4 Å². The predicted octanol–water partition coefficient (Wildman–Crippen LogP) is 6.54. The van der Waals surface area contributed by atoms with E-state index in [1.807, 2.05) is 61.5 Å². The summed E-state index contributed by atoms with van der Waals surface area (Å²) >= 11 is 6.57. The molecule has 4 aliphatic rings. The summed E-state index contributed by atoms with van der Waals surface area (Å²) in [7, 11) is 0. The molecule has 2 aliphatic carbocycles. The lowest BCUT2D eigenvalue weighted by atomic mass is 9.49. The van der Waals surface area contributed by atoms with Gasteiger partial charge in [-0.2, -0.15) is 5.01 Å². The maximum Gasteiger partial charge on any atom is 0.260 e. The number of carbonyl (C=O) groups is 4. The first-order valence-electron chi connectivity index (χ1n) is 16.1. The zero-order valence-corrected chi connectivity index (χ0v) is 26.8. The lowest BCUT2D eigenvalue weighted by Crippen LogP contribution is -2.53. The molecular formula is C39H32ClN3O5. The molecular weight excluding hydrogens is 626 g/mol. The summed E-state index contributed by atoms with van der Waals surface area (Å²) in [6.45, 7) is 1.95. The summed E-state index contributed by atoms with van der Waals surface area (Å²) in [5.74, 6) is -5.26. The largest absolute Gasteiger partial charge is 0.508 e. The van der Waals surface area contributed by atoms with Gasteiger partial charge in [0.1, 0.15) is 5.75 Å². The predicted molar refractivity (Wildman–Crippen MR) is 181 cm³/mol. The molecule has 4 aromatic carbocycles. The Bertz CT molecular complexity index is 2010. The third-order valence-electron chi connectivity index (χ3n) is 10.7. The first-order valence-corrected chi connectivity index (χ1v) is 16.5. The number of hydrogen-bond donors (Lipinski definition) is 2. The minimum atomic E-state index is -1.49. The van der Waals surface area contributed by atoms with Crippen molar-refractivity contribution in [2.24, 2.45) is 23.7 Å². The topological polar surface area (TPSA) is 107 Å². The number of phenolic OH excluding ortho intramolecular Hbond substituents is 1. The molecule has 1 saturated carbocycles. The van der Waals surface area contributed by atoms with E-state index in [1.54, 1.807) is 48.5 Å². The van der Waals surface area contributed by atoms with Crippen molar-refractivity contribution in [3.63, 3.8) is 0 Å². The molecule has 240 valence electrons. The summed E-state index contributed by atoms with van der Waals surface area (Å²) in [6, 6.07) is 30.2. The lowest BCUT2D eigenvalue weighted by molar-refractivity contribution is -0.138. The molecule has 8 rings (SSSR count). The van der Waals surface area contributed by atoms with Gasteiger partial charge in [0, 0.05) is 16.5 Å². The number of para-hydroxylation sites is 1. The number of nitrogens with zero attached hydrogens (tertiary/aromatic N) is 2. The van der Waals surface area contributed by atoms with Crippen LogP contribution in [0.4, 0.5) is 11.4 Å². The summed E-state index contributed by atoms with van der Waals surface area (Å²) in [4.78, 5) is 59.3. The van der Waals surface area contributed by atoms with E-state index in [9.17, 15) is 19.5 Å². The molecule has 9 heteroatoms. The second-order valence-electron chi connectivity index (χ2n) is 13.1. The Labute approximate surface area is 282 Å². The minimum absolute atomic E-state index is 0.0768. The monoisotopic (exact) mass is 657 g/mol. The van der Waals surface area contributed by atoms with Crippen LogP contribution in [-0.2, 0) is 24.6 Å². The number of anilines is 2. The second kappa shape index (κ2) is 11.2. The average molecular weight is 658 g/mol. The van der Waals surface area contributed by atoms with Crippen molar-refractivity contribution in [3.05, 3.63) is 136 Å². The molecule has 0 bridgehead atoms. The van der Waals surface area contributed by atoms with Crippen molar-refractivity contribution >= 4 is 46.6 Å². The van der Waals surface area contributed by atoms with Gasteiger partial charge in [-0.05, 0) is 73.7 Å². The molecule has 3 fully saturated rings. The standard InChI is InChI=1S/C39H32ClN3O5/c1-22-12-15-25(16-13-22)41-43-36(46)31-21-29-27(17-18-28-33(29)37(47)42(35(28)45)26-10-6-3-7-11-26)34(30-20-24(40)14-19-32(30)44)39(31,38(43)48)23-8-4-2-5-9-23/h2-17,19-20,28-29,31,33-34,41,44H,18,21H2,1H3. The number of amides is 4. The van der Waals surface area contributed by atoms with Crippen LogP contribution in [0.5, 0.6) is 5.75 Å². The third-order valence-corrected chi connectivity index (χ3v) is 10.9. The highest BCUT2D eigenvalue weighted by Gasteiger charge is 2.70. The quantitative estimate of drug-likeness (QED) is 0.186. The molecule has 2 heterocycles. The van der Waals surface area contributed by atoms with Crippen LogP contribution >= 0.6 is 11.6 Å². The van der Waals surface area contributed by atoms with Crippen molar-refractivity contribution in [1.82, 2.24) is 5.01 Å². The first kappa shape index (κ1) is 30.1. The number of fused-ring (bicyclic) bond motifs is 4. The average Bonchev–Trinajstić information content (AvgIpc) is 3.48. The van der Waals surface area contributed by atoms with Gasteiger partial charge in [-0.15, -0.1) is 0 Å². The van der Waals surface area contributed by atoms with Gasteiger partial charge in [-0.1, -0.05) is 89.5 Å². The normalized spacial score (nSPS) is 27.8. The SMILES string of the molecule is Cc1ccc(NN2C(=O)C3CC4C(=CCC5C(=O)N(c6ccccc6)C(=O)C54)C(c4cc(Cl)ccc4O)C3(c3ccccc3)C2=O)cc1. The zero-order chi connectivity index (χ0) is 33.3. The highest BCUT2D eigenvalue weighted by molar-refractivity contribution is 6.30. The number of carbonyl (C=O) groups excluding carboxylic acids is 4. The van der Waals surface area contributed by atoms with Gasteiger partial charge in [0.25, 0.3) is 11.8 Å². The van der Waals surface area contributed by atoms with Gasteiger partial charge in [0.05, 0.1) is 34.5 Å². The molecule has 0 aromatic heterocycles. The van der Waals surface area contributed by atoms with E-state index < -0.39 is 46.8 Å². The first-order chi connectivity index (χ1) is 23.2. The Morgan fingerprint density at radius 2 is 1.50 bits per heavy atom. The Kier molecular flexibility index (Phi) is 7.03. The van der Waals surface area contributed by atoms with E-state index in [1.165, 1.54) is 11.0 Å². The van der Waals surface area contributed by atoms with Crippen LogP contribution < -0.4 is 10.3 Å². The number of hydrazine groups is 1. The number of halogens is 1. The summed E-state index contributed by atoms with van der Waals surface area (Å²) < 4.78 is 0. The van der Waals surface area contributed by atoms with Crippen molar-refractivity contribution in [3.8, 4) is 5.75 Å². The zero-order valence-electron chi connectivity index (χ0n) is 26.0. The fourth-order valence-corrected chi connectivity index (χ4v) is 8.86. The number of rotatable bonds is 5. The number of aryl methyl sites for hydroxylation is 1. The fourth-order valence-electron chi connectivity index (χ4n) is 8.68. The second-order valence-corrected chi connectivity index (χ2v) is 13.6. The van der Waals surface area contributed by atoms with E-state index in [0.29, 0.717) is 27.5 Å². The summed E-state index contributed by atoms with van der Waals surface area (Å²) in [5.41, 5.74) is 5.45. The Hall–Kier alpha value is -5.21. The van der Waals surface area contributed by atoms with Crippen LogP contribution in [-0.4, -0.2) is 33.7 Å². The van der Waals surface area contributed by atoms with Crippen LogP contribution in [0.2, 0.25) is 5.02 Å². The van der Waals surface area contributed by atoms with E-state index >= 15 is 4.79 Å². The number of hydrogen-bond acceptors (Lipinski definition) is 6. The van der Waals surface area contributed by atoms with Crippen LogP contribution in [0.1, 0.15) is 35.4 Å². The number of nitrogens with one attached hydrogen (secondary N) is 1. The number of imide groups is 2. The molecule has 8 nitrogen and oxygen atoms in total. The molecule has 4 aromatic rings. The molecule has 48 heavy (non-hydrogen) atoms. The summed E-state index contributed by atoms with van der Waals surface area (Å²) in [5, 5.41) is 12.9. The lowest BCUT2D eigenvalue weighted by Gasteiger charge is -2.50. The van der Waals surface area contributed by atoms with Gasteiger partial charge < -0.3 is 5.11 Å². The molecule has 4 amide bonds. The number of phenols is 1. The van der Waals surface area contributed by atoms with E-state index in [0.717, 1.165) is 16.1 Å². The van der Waals surface area contributed by atoms with E-state index in [4.69, 9.17) is 11.6 Å². The van der Waals surface area contributed by atoms with Crippen LogP contribution in [0.15, 0.2) is 115 Å². The van der Waals surface area contributed by atoms with Crippen molar-refractivity contribution < 1.29 is 24.3 Å². The Balaban J connectivity index is 1.34. The molecule has 2 saturated heterocycles. The maximum absolute atomic E-state index is 15.2. The van der Waals surface area contributed by atoms with Crippen LogP contribution in [0, 0.1) is 30.6 Å². The molecule has 6 unspecified atom stereocenters. The van der Waals surface area contributed by atoms with Gasteiger partial charge in [0.2, 0.25) is 11.8 Å². The van der Waals surface area contributed by atoms with E-state index in [2.05, 4.69) is 5.43 Å². The van der Waals surface area contributed by atoms with Crippen molar-refractivity contribution in [1.29, 1.82) is 0 Å². The van der Waals surface area contributed by atoms with Crippen molar-refractivity contribution in [2.75, 3.05) is 10.3 Å². The molecule has 2 aliphatic heterocycles. The molecule has 0 spiro atoms. The smallest absolute Gasteiger partial charge is 0.260 e. The van der Waals surface area contributed by atoms with Gasteiger partial charge in [0.15, 0.2) is 0 Å². The van der Waals surface area contributed by atoms with Crippen LogP contribution in [0.25, 0.3) is 0 Å². The van der Waals surface area contributed by atoms with Gasteiger partial charge in [-0.3, -0.25) is 29.5 Å². The highest BCUT2D eigenvalue weighted by Crippen LogP contribution is 2.65. The van der Waals surface area contributed by atoms with Gasteiger partial charge in [-0.25, -0.2) is 0 Å². The molecule has 2 N–H and O–H groups in total. The summed E-state index contributed by atoms with van der Waals surface area (Å²) in [6.07, 6.45) is 2.41. The number of benzene rings is 4. The van der Waals surface area contributed by atoms with Crippen molar-refractivity contribution in [2.45, 2.75) is 31.1 Å². The molecule has 0 radical (unpaired) electrons. The Morgan fingerprint density at radius 3 is 2.21 bits per heavy atom. The number of aromatic hydroxyl groups is 1. The third kappa shape index (κ3) is 4.28. The fraction of sp³-hybridized carbons (Fsp3) is 0.231. The van der Waals surface area contributed by atoms with Crippen LogP contribution in [0.3, 0.4) is 0 Å². The Morgan fingerprint density at radius 1 is 0.812 bits per heavy atom. The number of allylic oxidation sites excluding steroid dienone is 2. The highest BCUT2D eigenvalue weighted by atomic mass is 35.5. The minimum Gasteiger partial charge on any atom is -0.508 e. The molecule has 6 atom stereocenters.